The van der Waals surface area contributed by atoms with Crippen LogP contribution in [0.2, 0.25) is 0 Å². The van der Waals surface area contributed by atoms with Gasteiger partial charge < -0.3 is 4.74 Å². The number of methoxy groups -OCH3 is 1. The molecule has 2 nitrogen and oxygen atoms in total. The lowest BCUT2D eigenvalue weighted by Crippen LogP contribution is -2.28. The highest BCUT2D eigenvalue weighted by atomic mass is 16.5. The molecule has 0 saturated heterocycles. The minimum atomic E-state index is -0.198. The minimum absolute atomic E-state index is 0.198. The molecule has 2 heteroatoms. The van der Waals surface area contributed by atoms with E-state index < -0.39 is 0 Å². The van der Waals surface area contributed by atoms with Crippen molar-refractivity contribution in [2.24, 2.45) is 5.92 Å². The van der Waals surface area contributed by atoms with Crippen LogP contribution >= 0.6 is 0 Å². The van der Waals surface area contributed by atoms with Gasteiger partial charge in [0.1, 0.15) is 6.10 Å². The van der Waals surface area contributed by atoms with Gasteiger partial charge >= 0.3 is 0 Å². The number of unbranched alkanes of at least 4 members (excludes halogenated alkanes) is 4. The van der Waals surface area contributed by atoms with Crippen molar-refractivity contribution in [3.05, 3.63) is 0 Å². The first-order chi connectivity index (χ1) is 7.13. The fourth-order valence-electron chi connectivity index (χ4n) is 1.82. The Morgan fingerprint density at radius 3 is 2.20 bits per heavy atom. The van der Waals surface area contributed by atoms with Gasteiger partial charge in [-0.05, 0) is 12.3 Å². The van der Waals surface area contributed by atoms with Crippen molar-refractivity contribution >= 4 is 5.78 Å². The minimum Gasteiger partial charge on any atom is -0.373 e. The van der Waals surface area contributed by atoms with E-state index in [0.717, 1.165) is 6.42 Å². The average Bonchev–Trinajstić information content (AvgIpc) is 2.18. The maximum Gasteiger partial charge on any atom is 0.161 e. The fraction of sp³-hybridized carbons (Fsp3) is 0.923. The number of Topliss-reactive ketones (excluding diaryl/α,β-unsaturated/α-hetero) is 1. The molecule has 0 aliphatic carbocycles. The van der Waals surface area contributed by atoms with Gasteiger partial charge in [0.15, 0.2) is 5.78 Å². The molecule has 0 aromatic heterocycles. The van der Waals surface area contributed by atoms with E-state index in [1.807, 2.05) is 13.8 Å². The van der Waals surface area contributed by atoms with E-state index in [4.69, 9.17) is 4.74 Å². The molecule has 0 radical (unpaired) electrons. The second-order valence-electron chi connectivity index (χ2n) is 4.53. The molecule has 0 amide bonds. The van der Waals surface area contributed by atoms with Gasteiger partial charge in [0.05, 0.1) is 0 Å². The van der Waals surface area contributed by atoms with Gasteiger partial charge in [-0.25, -0.2) is 0 Å². The van der Waals surface area contributed by atoms with Crippen molar-refractivity contribution in [2.45, 2.75) is 65.4 Å². The fourth-order valence-corrected chi connectivity index (χ4v) is 1.82. The van der Waals surface area contributed by atoms with Crippen LogP contribution in [-0.2, 0) is 9.53 Å². The Morgan fingerprint density at radius 1 is 1.13 bits per heavy atom. The third-order valence-electron chi connectivity index (χ3n) is 2.70. The zero-order valence-corrected chi connectivity index (χ0v) is 10.7. The molecule has 0 spiro atoms. The SMILES string of the molecule is CCCCCCCC(=O)C(OC)C(C)C. The Bertz CT molecular complexity index is 164. The van der Waals surface area contributed by atoms with Crippen LogP contribution in [0.4, 0.5) is 0 Å². The summed E-state index contributed by atoms with van der Waals surface area (Å²) in [5.74, 6) is 0.558. The Hall–Kier alpha value is -0.370. The van der Waals surface area contributed by atoms with Crippen molar-refractivity contribution in [3.63, 3.8) is 0 Å². The van der Waals surface area contributed by atoms with Crippen molar-refractivity contribution < 1.29 is 9.53 Å². The molecule has 0 aromatic rings. The molecule has 0 rings (SSSR count). The largest absolute Gasteiger partial charge is 0.373 e. The van der Waals surface area contributed by atoms with Crippen LogP contribution in [0.25, 0.3) is 0 Å². The van der Waals surface area contributed by atoms with Gasteiger partial charge in [-0.3, -0.25) is 4.79 Å². The van der Waals surface area contributed by atoms with E-state index >= 15 is 0 Å². The smallest absolute Gasteiger partial charge is 0.161 e. The molecule has 0 aliphatic rings. The Labute approximate surface area is 94.4 Å². The van der Waals surface area contributed by atoms with E-state index in [2.05, 4.69) is 6.92 Å². The van der Waals surface area contributed by atoms with Crippen molar-refractivity contribution in [1.82, 2.24) is 0 Å². The number of hydrogen-bond donors (Lipinski definition) is 0. The predicted molar refractivity (Wildman–Crippen MR) is 64.0 cm³/mol. The molecule has 1 atom stereocenters. The van der Waals surface area contributed by atoms with Crippen LogP contribution < -0.4 is 0 Å². The van der Waals surface area contributed by atoms with Gasteiger partial charge in [-0.2, -0.15) is 0 Å². The third-order valence-corrected chi connectivity index (χ3v) is 2.70. The van der Waals surface area contributed by atoms with Crippen LogP contribution in [-0.4, -0.2) is 19.0 Å². The van der Waals surface area contributed by atoms with Crippen LogP contribution in [0.5, 0.6) is 0 Å². The zero-order valence-electron chi connectivity index (χ0n) is 10.7. The zero-order chi connectivity index (χ0) is 11.7. The molecule has 0 saturated carbocycles. The lowest BCUT2D eigenvalue weighted by molar-refractivity contribution is -0.131. The monoisotopic (exact) mass is 214 g/mol. The molecule has 1 unspecified atom stereocenters. The van der Waals surface area contributed by atoms with Crippen LogP contribution in [0.1, 0.15) is 59.3 Å². The molecular formula is C13H26O2. The topological polar surface area (TPSA) is 26.3 Å². The van der Waals surface area contributed by atoms with Gasteiger partial charge in [0.25, 0.3) is 0 Å². The second-order valence-corrected chi connectivity index (χ2v) is 4.53. The standard InChI is InChI=1S/C13H26O2/c1-5-6-7-8-9-10-12(14)13(15-4)11(2)3/h11,13H,5-10H2,1-4H3. The normalized spacial score (nSPS) is 13.1. The van der Waals surface area contributed by atoms with Crippen molar-refractivity contribution in [3.8, 4) is 0 Å². The van der Waals surface area contributed by atoms with Gasteiger partial charge in [-0.1, -0.05) is 46.5 Å². The third kappa shape index (κ3) is 6.67. The van der Waals surface area contributed by atoms with Crippen molar-refractivity contribution in [1.29, 1.82) is 0 Å². The quantitative estimate of drug-likeness (QED) is 0.548. The lowest BCUT2D eigenvalue weighted by Gasteiger charge is -2.17. The number of ether oxygens (including phenoxy) is 1. The van der Waals surface area contributed by atoms with E-state index in [9.17, 15) is 4.79 Å². The summed E-state index contributed by atoms with van der Waals surface area (Å²) < 4.78 is 5.20. The Kier molecular flexibility index (Phi) is 8.68. The second kappa shape index (κ2) is 8.90. The maximum absolute atomic E-state index is 11.7. The van der Waals surface area contributed by atoms with E-state index in [1.165, 1.54) is 25.7 Å². The lowest BCUT2D eigenvalue weighted by atomic mass is 9.98. The van der Waals surface area contributed by atoms with Gasteiger partial charge in [0.2, 0.25) is 0 Å². The summed E-state index contributed by atoms with van der Waals surface area (Å²) in [7, 11) is 1.62. The van der Waals surface area contributed by atoms with Crippen molar-refractivity contribution in [2.75, 3.05) is 7.11 Å². The van der Waals surface area contributed by atoms with E-state index in [1.54, 1.807) is 7.11 Å². The first-order valence-corrected chi connectivity index (χ1v) is 6.19. The first kappa shape index (κ1) is 14.6. The Balaban J connectivity index is 3.63. The summed E-state index contributed by atoms with van der Waals surface area (Å²) in [6, 6.07) is 0. The number of rotatable bonds is 9. The molecule has 0 N–H and O–H groups in total. The summed E-state index contributed by atoms with van der Waals surface area (Å²) >= 11 is 0. The number of carbonyl (C=O) groups excluding carboxylic acids is 1. The maximum atomic E-state index is 11.7. The summed E-state index contributed by atoms with van der Waals surface area (Å²) in [6.07, 6.45) is 6.46. The highest BCUT2D eigenvalue weighted by Crippen LogP contribution is 2.12. The molecule has 0 bridgehead atoms. The molecule has 0 aliphatic heterocycles. The average molecular weight is 214 g/mol. The molecule has 90 valence electrons. The summed E-state index contributed by atoms with van der Waals surface area (Å²) in [5, 5.41) is 0. The van der Waals surface area contributed by atoms with Crippen LogP contribution in [0.3, 0.4) is 0 Å². The number of carbonyl (C=O) groups is 1. The summed E-state index contributed by atoms with van der Waals surface area (Å²) in [4.78, 5) is 11.7. The molecule has 15 heavy (non-hydrogen) atoms. The predicted octanol–water partition coefficient (Wildman–Crippen LogP) is 3.59. The van der Waals surface area contributed by atoms with E-state index in [-0.39, 0.29) is 17.8 Å². The van der Waals surface area contributed by atoms with Gasteiger partial charge in [0, 0.05) is 13.5 Å². The van der Waals surface area contributed by atoms with Crippen LogP contribution in [0, 0.1) is 5.92 Å². The van der Waals surface area contributed by atoms with Crippen LogP contribution in [0.15, 0.2) is 0 Å². The number of hydrogen-bond acceptors (Lipinski definition) is 2. The molecule has 0 fully saturated rings. The highest BCUT2D eigenvalue weighted by molar-refractivity contribution is 5.83. The molecule has 0 aromatic carbocycles. The number of ketones is 1. The highest BCUT2D eigenvalue weighted by Gasteiger charge is 2.20. The van der Waals surface area contributed by atoms with E-state index in [0.29, 0.717) is 6.42 Å². The Morgan fingerprint density at radius 2 is 1.73 bits per heavy atom. The molecular weight excluding hydrogens is 188 g/mol. The summed E-state index contributed by atoms with van der Waals surface area (Å²) in [6.45, 7) is 6.26. The first-order valence-electron chi connectivity index (χ1n) is 6.19. The van der Waals surface area contributed by atoms with Gasteiger partial charge in [-0.15, -0.1) is 0 Å². The molecule has 0 heterocycles. The summed E-state index contributed by atoms with van der Waals surface area (Å²) in [5.41, 5.74) is 0.